The summed E-state index contributed by atoms with van der Waals surface area (Å²) in [5.41, 5.74) is 0.499. The van der Waals surface area contributed by atoms with Crippen molar-refractivity contribution in [2.45, 2.75) is 31.5 Å². The SMILES string of the molecule is C[C@H]1NC(=O)[C@@H]2C[C@H](NC(=O)c3ccc(Cl)cc3)CN2C1=O. The molecular weight excluding hydrogens is 306 g/mol. The molecule has 2 aliphatic rings. The van der Waals surface area contributed by atoms with Gasteiger partial charge in [-0.2, -0.15) is 0 Å². The van der Waals surface area contributed by atoms with E-state index in [1.165, 1.54) is 0 Å². The average molecular weight is 322 g/mol. The van der Waals surface area contributed by atoms with Crippen molar-refractivity contribution in [2.24, 2.45) is 0 Å². The highest BCUT2D eigenvalue weighted by Gasteiger charge is 2.45. The Kier molecular flexibility index (Phi) is 3.78. The second-order valence-corrected chi connectivity index (χ2v) is 6.09. The van der Waals surface area contributed by atoms with Crippen LogP contribution in [0, 0.1) is 0 Å². The summed E-state index contributed by atoms with van der Waals surface area (Å²) in [6.07, 6.45) is 0.434. The van der Waals surface area contributed by atoms with Crippen molar-refractivity contribution in [3.63, 3.8) is 0 Å². The Bertz CT molecular complexity index is 631. The van der Waals surface area contributed by atoms with Crippen LogP contribution in [-0.2, 0) is 9.59 Å². The number of nitrogens with zero attached hydrogens (tertiary/aromatic N) is 1. The predicted octanol–water partition coefficient (Wildman–Crippen LogP) is 0.558. The standard InChI is InChI=1S/C15H16ClN3O3/c1-8-15(22)19-7-11(6-12(19)14(21)17-8)18-13(20)9-2-4-10(16)5-3-9/h2-5,8,11-12H,6-7H2,1H3,(H,17,21)(H,18,20)/t8-,11+,12+/m1/s1. The first kappa shape index (κ1) is 14.8. The molecule has 0 radical (unpaired) electrons. The third-order valence-electron chi connectivity index (χ3n) is 4.06. The molecule has 0 unspecified atom stereocenters. The lowest BCUT2D eigenvalue weighted by atomic mass is 10.1. The summed E-state index contributed by atoms with van der Waals surface area (Å²) in [6, 6.07) is 5.35. The molecule has 0 aromatic heterocycles. The van der Waals surface area contributed by atoms with E-state index in [1.807, 2.05) is 0 Å². The van der Waals surface area contributed by atoms with Gasteiger partial charge in [-0.1, -0.05) is 11.6 Å². The summed E-state index contributed by atoms with van der Waals surface area (Å²) in [5.74, 6) is -0.495. The normalized spacial score (nSPS) is 27.4. The zero-order chi connectivity index (χ0) is 15.9. The highest BCUT2D eigenvalue weighted by Crippen LogP contribution is 2.23. The molecule has 0 saturated carbocycles. The number of benzene rings is 1. The van der Waals surface area contributed by atoms with Crippen LogP contribution in [0.3, 0.4) is 0 Å². The van der Waals surface area contributed by atoms with E-state index in [1.54, 1.807) is 36.1 Å². The molecule has 0 spiro atoms. The van der Waals surface area contributed by atoms with Gasteiger partial charge in [0, 0.05) is 23.2 Å². The molecule has 0 aliphatic carbocycles. The number of halogens is 1. The lowest BCUT2D eigenvalue weighted by Crippen LogP contribution is -2.60. The quantitative estimate of drug-likeness (QED) is 0.835. The Morgan fingerprint density at radius 2 is 2.00 bits per heavy atom. The minimum absolute atomic E-state index is 0.104. The topological polar surface area (TPSA) is 78.5 Å². The molecule has 3 rings (SSSR count). The smallest absolute Gasteiger partial charge is 0.251 e. The maximum absolute atomic E-state index is 12.2. The lowest BCUT2D eigenvalue weighted by molar-refractivity contribution is -0.146. The fourth-order valence-electron chi connectivity index (χ4n) is 2.92. The van der Waals surface area contributed by atoms with Crippen LogP contribution >= 0.6 is 11.6 Å². The van der Waals surface area contributed by atoms with Crippen LogP contribution in [0.1, 0.15) is 23.7 Å². The number of rotatable bonds is 2. The molecule has 2 fully saturated rings. The third kappa shape index (κ3) is 2.66. The molecule has 6 nitrogen and oxygen atoms in total. The van der Waals surface area contributed by atoms with E-state index in [0.29, 0.717) is 23.6 Å². The van der Waals surface area contributed by atoms with Crippen molar-refractivity contribution in [3.8, 4) is 0 Å². The molecule has 2 saturated heterocycles. The lowest BCUT2D eigenvalue weighted by Gasteiger charge is -2.32. The van der Waals surface area contributed by atoms with Gasteiger partial charge < -0.3 is 15.5 Å². The van der Waals surface area contributed by atoms with Crippen LogP contribution in [0.15, 0.2) is 24.3 Å². The number of amides is 3. The van der Waals surface area contributed by atoms with Crippen LogP contribution in [-0.4, -0.2) is 47.3 Å². The van der Waals surface area contributed by atoms with Gasteiger partial charge in [0.1, 0.15) is 12.1 Å². The zero-order valence-electron chi connectivity index (χ0n) is 12.0. The first-order chi connectivity index (χ1) is 10.5. The predicted molar refractivity (Wildman–Crippen MR) is 80.4 cm³/mol. The van der Waals surface area contributed by atoms with Crippen molar-refractivity contribution in [1.29, 1.82) is 0 Å². The van der Waals surface area contributed by atoms with E-state index in [2.05, 4.69) is 10.6 Å². The summed E-state index contributed by atoms with van der Waals surface area (Å²) < 4.78 is 0. The molecule has 3 amide bonds. The van der Waals surface area contributed by atoms with Crippen LogP contribution in [0.4, 0.5) is 0 Å². The maximum Gasteiger partial charge on any atom is 0.251 e. The number of hydrogen-bond acceptors (Lipinski definition) is 3. The number of carbonyl (C=O) groups is 3. The van der Waals surface area contributed by atoms with Crippen molar-refractivity contribution in [2.75, 3.05) is 6.54 Å². The molecule has 2 aliphatic heterocycles. The van der Waals surface area contributed by atoms with Gasteiger partial charge in [0.2, 0.25) is 11.8 Å². The van der Waals surface area contributed by atoms with E-state index in [-0.39, 0.29) is 23.8 Å². The van der Waals surface area contributed by atoms with Gasteiger partial charge in [0.25, 0.3) is 5.91 Å². The summed E-state index contributed by atoms with van der Waals surface area (Å²) in [6.45, 7) is 2.02. The Morgan fingerprint density at radius 3 is 2.68 bits per heavy atom. The van der Waals surface area contributed by atoms with Crippen LogP contribution < -0.4 is 10.6 Å². The van der Waals surface area contributed by atoms with Crippen molar-refractivity contribution in [1.82, 2.24) is 15.5 Å². The molecule has 7 heteroatoms. The Morgan fingerprint density at radius 1 is 1.32 bits per heavy atom. The van der Waals surface area contributed by atoms with E-state index in [4.69, 9.17) is 11.6 Å². The Hall–Kier alpha value is -2.08. The molecule has 22 heavy (non-hydrogen) atoms. The molecule has 1 aromatic rings. The van der Waals surface area contributed by atoms with Gasteiger partial charge in [-0.3, -0.25) is 14.4 Å². The van der Waals surface area contributed by atoms with Crippen molar-refractivity contribution < 1.29 is 14.4 Å². The molecule has 116 valence electrons. The number of piperazine rings is 1. The van der Waals surface area contributed by atoms with E-state index < -0.39 is 12.1 Å². The van der Waals surface area contributed by atoms with Crippen molar-refractivity contribution in [3.05, 3.63) is 34.9 Å². The minimum atomic E-state index is -0.505. The minimum Gasteiger partial charge on any atom is -0.347 e. The van der Waals surface area contributed by atoms with Gasteiger partial charge in [0.05, 0.1) is 0 Å². The molecular formula is C15H16ClN3O3. The maximum atomic E-state index is 12.2. The van der Waals surface area contributed by atoms with Crippen LogP contribution in [0.5, 0.6) is 0 Å². The highest BCUT2D eigenvalue weighted by molar-refractivity contribution is 6.30. The van der Waals surface area contributed by atoms with Gasteiger partial charge in [-0.25, -0.2) is 0 Å². The highest BCUT2D eigenvalue weighted by atomic mass is 35.5. The Balaban J connectivity index is 1.68. The van der Waals surface area contributed by atoms with Gasteiger partial charge in [0.15, 0.2) is 0 Å². The number of nitrogens with one attached hydrogen (secondary N) is 2. The largest absolute Gasteiger partial charge is 0.347 e. The number of hydrogen-bond donors (Lipinski definition) is 2. The van der Waals surface area contributed by atoms with E-state index in [0.717, 1.165) is 0 Å². The van der Waals surface area contributed by atoms with Crippen LogP contribution in [0.25, 0.3) is 0 Å². The fraction of sp³-hybridized carbons (Fsp3) is 0.400. The van der Waals surface area contributed by atoms with Crippen molar-refractivity contribution >= 4 is 29.3 Å². The van der Waals surface area contributed by atoms with Gasteiger partial charge in [-0.15, -0.1) is 0 Å². The average Bonchev–Trinajstić information content (AvgIpc) is 2.90. The fourth-order valence-corrected chi connectivity index (χ4v) is 3.05. The van der Waals surface area contributed by atoms with E-state index in [9.17, 15) is 14.4 Å². The monoisotopic (exact) mass is 321 g/mol. The third-order valence-corrected chi connectivity index (χ3v) is 4.31. The molecule has 1 aromatic carbocycles. The summed E-state index contributed by atoms with van der Waals surface area (Å²) in [4.78, 5) is 37.8. The summed E-state index contributed by atoms with van der Waals surface area (Å²) >= 11 is 5.79. The van der Waals surface area contributed by atoms with Gasteiger partial charge >= 0.3 is 0 Å². The number of carbonyl (C=O) groups excluding carboxylic acids is 3. The molecule has 0 bridgehead atoms. The molecule has 2 N–H and O–H groups in total. The number of fused-ring (bicyclic) bond motifs is 1. The zero-order valence-corrected chi connectivity index (χ0v) is 12.8. The van der Waals surface area contributed by atoms with E-state index >= 15 is 0 Å². The first-order valence-electron chi connectivity index (χ1n) is 7.13. The second kappa shape index (κ2) is 5.61. The summed E-state index contributed by atoms with van der Waals surface area (Å²) in [5, 5.41) is 6.09. The Labute approximate surface area is 132 Å². The molecule has 3 atom stereocenters. The van der Waals surface area contributed by atoms with Crippen LogP contribution in [0.2, 0.25) is 5.02 Å². The molecule has 2 heterocycles. The van der Waals surface area contributed by atoms with Gasteiger partial charge in [-0.05, 0) is 37.6 Å². The summed E-state index contributed by atoms with van der Waals surface area (Å²) in [7, 11) is 0. The first-order valence-corrected chi connectivity index (χ1v) is 7.51. The second-order valence-electron chi connectivity index (χ2n) is 5.65.